The van der Waals surface area contributed by atoms with E-state index in [1.165, 1.54) is 154 Å². The summed E-state index contributed by atoms with van der Waals surface area (Å²) < 4.78 is 16.8. The second kappa shape index (κ2) is 49.3. The van der Waals surface area contributed by atoms with E-state index in [1.54, 1.807) is 0 Å². The Bertz CT molecular complexity index is 1020. The molecule has 0 fully saturated rings. The molecule has 0 aliphatic carbocycles. The monoisotopic (exact) mass is 843 g/mol. The molecule has 6 nitrogen and oxygen atoms in total. The molecule has 1 unspecified atom stereocenters. The van der Waals surface area contributed by atoms with Gasteiger partial charge in [-0.25, -0.2) is 0 Å². The number of rotatable bonds is 47. The lowest BCUT2D eigenvalue weighted by molar-refractivity contribution is -0.167. The number of ether oxygens (including phenoxy) is 3. The number of esters is 3. The SMILES string of the molecule is CCCCC/C=C\C/C=C\CCCCCCCCCC(=O)OCC(COC(=O)CCCCCCCCCCC)OC(=O)CCCCCCC/C=C\CCCCCCCCC. The summed E-state index contributed by atoms with van der Waals surface area (Å²) >= 11 is 0. The van der Waals surface area contributed by atoms with Gasteiger partial charge in [-0.1, -0.05) is 211 Å². The molecule has 0 saturated heterocycles. The summed E-state index contributed by atoms with van der Waals surface area (Å²) in [6, 6.07) is 0. The summed E-state index contributed by atoms with van der Waals surface area (Å²) in [5.41, 5.74) is 0. The van der Waals surface area contributed by atoms with E-state index in [0.29, 0.717) is 19.3 Å². The first-order chi connectivity index (χ1) is 29.5. The minimum atomic E-state index is -0.775. The van der Waals surface area contributed by atoms with Crippen LogP contribution in [0.4, 0.5) is 0 Å². The minimum Gasteiger partial charge on any atom is -0.462 e. The number of unbranched alkanes of at least 4 members (excludes halogenated alkanes) is 30. The van der Waals surface area contributed by atoms with Crippen molar-refractivity contribution >= 4 is 17.9 Å². The number of carbonyl (C=O) groups is 3. The number of hydrogen-bond acceptors (Lipinski definition) is 6. The van der Waals surface area contributed by atoms with Crippen molar-refractivity contribution in [1.82, 2.24) is 0 Å². The van der Waals surface area contributed by atoms with Gasteiger partial charge in [0.05, 0.1) is 0 Å². The van der Waals surface area contributed by atoms with Crippen LogP contribution in [0.25, 0.3) is 0 Å². The number of allylic oxidation sites excluding steroid dienone is 6. The highest BCUT2D eigenvalue weighted by atomic mass is 16.6. The average Bonchev–Trinajstić information content (AvgIpc) is 3.24. The number of hydrogen-bond donors (Lipinski definition) is 0. The molecule has 0 aromatic carbocycles. The van der Waals surface area contributed by atoms with E-state index >= 15 is 0 Å². The zero-order valence-electron chi connectivity index (χ0n) is 40.0. The van der Waals surface area contributed by atoms with Crippen molar-refractivity contribution in [2.75, 3.05) is 13.2 Å². The molecular formula is C54H98O6. The maximum absolute atomic E-state index is 12.8. The summed E-state index contributed by atoms with van der Waals surface area (Å²) in [5.74, 6) is -0.886. The summed E-state index contributed by atoms with van der Waals surface area (Å²) in [4.78, 5) is 37.9. The molecule has 0 aromatic rings. The third-order valence-electron chi connectivity index (χ3n) is 11.4. The van der Waals surface area contributed by atoms with Crippen LogP contribution in [-0.4, -0.2) is 37.2 Å². The highest BCUT2D eigenvalue weighted by molar-refractivity contribution is 5.71. The van der Waals surface area contributed by atoms with Gasteiger partial charge in [-0.05, 0) is 77.0 Å². The van der Waals surface area contributed by atoms with Crippen molar-refractivity contribution in [2.24, 2.45) is 0 Å². The van der Waals surface area contributed by atoms with Crippen molar-refractivity contribution in [3.63, 3.8) is 0 Å². The van der Waals surface area contributed by atoms with Crippen LogP contribution in [0.1, 0.15) is 271 Å². The normalized spacial score (nSPS) is 12.2. The van der Waals surface area contributed by atoms with E-state index < -0.39 is 6.10 Å². The van der Waals surface area contributed by atoms with E-state index in [2.05, 4.69) is 57.2 Å². The van der Waals surface area contributed by atoms with Crippen molar-refractivity contribution in [3.8, 4) is 0 Å². The Morgan fingerprint density at radius 1 is 0.333 bits per heavy atom. The standard InChI is InChI=1S/C54H98O6/c1-4-7-10-13-16-19-21-23-25-27-29-30-32-35-38-41-44-47-53(56)59-50-51(49-58-52(55)46-43-40-37-34-18-15-12-9-6-3)60-54(57)48-45-42-39-36-33-31-28-26-24-22-20-17-14-11-8-5-2/h16,19,23,25-26,28,51H,4-15,17-18,20-22,24,27,29-50H2,1-3H3/b19-16-,25-23-,28-26-. The summed E-state index contributed by atoms with van der Waals surface area (Å²) in [5, 5.41) is 0. The van der Waals surface area contributed by atoms with Gasteiger partial charge in [-0.3, -0.25) is 14.4 Å². The Labute approximate surface area is 372 Å². The van der Waals surface area contributed by atoms with Crippen LogP contribution in [0.5, 0.6) is 0 Å². The molecule has 60 heavy (non-hydrogen) atoms. The molecule has 0 aromatic heterocycles. The van der Waals surface area contributed by atoms with Crippen LogP contribution in [-0.2, 0) is 28.6 Å². The second-order valence-corrected chi connectivity index (χ2v) is 17.4. The van der Waals surface area contributed by atoms with Gasteiger partial charge >= 0.3 is 17.9 Å². The van der Waals surface area contributed by atoms with Gasteiger partial charge in [0.2, 0.25) is 0 Å². The van der Waals surface area contributed by atoms with Crippen LogP contribution in [0.3, 0.4) is 0 Å². The Morgan fingerprint density at radius 2 is 0.600 bits per heavy atom. The molecule has 6 heteroatoms. The maximum atomic E-state index is 12.8. The lowest BCUT2D eigenvalue weighted by Crippen LogP contribution is -2.30. The molecule has 0 amide bonds. The minimum absolute atomic E-state index is 0.0757. The quantitative estimate of drug-likeness (QED) is 0.0263. The fourth-order valence-electron chi connectivity index (χ4n) is 7.41. The predicted molar refractivity (Wildman–Crippen MR) is 256 cm³/mol. The first-order valence-electron chi connectivity index (χ1n) is 26.0. The van der Waals surface area contributed by atoms with Gasteiger partial charge in [0, 0.05) is 19.3 Å². The molecule has 0 bridgehead atoms. The summed E-state index contributed by atoms with van der Waals surface area (Å²) in [7, 11) is 0. The summed E-state index contributed by atoms with van der Waals surface area (Å²) in [6.07, 6.45) is 57.0. The highest BCUT2D eigenvalue weighted by Gasteiger charge is 2.19. The topological polar surface area (TPSA) is 78.9 Å². The van der Waals surface area contributed by atoms with E-state index in [1.807, 2.05) is 0 Å². The van der Waals surface area contributed by atoms with E-state index in [-0.39, 0.29) is 31.1 Å². The first kappa shape index (κ1) is 57.6. The zero-order valence-corrected chi connectivity index (χ0v) is 40.0. The van der Waals surface area contributed by atoms with Crippen molar-refractivity contribution < 1.29 is 28.6 Å². The van der Waals surface area contributed by atoms with Crippen molar-refractivity contribution in [2.45, 2.75) is 277 Å². The smallest absolute Gasteiger partial charge is 0.306 e. The van der Waals surface area contributed by atoms with Gasteiger partial charge in [-0.2, -0.15) is 0 Å². The van der Waals surface area contributed by atoms with Gasteiger partial charge in [0.1, 0.15) is 13.2 Å². The lowest BCUT2D eigenvalue weighted by atomic mass is 10.1. The van der Waals surface area contributed by atoms with Crippen LogP contribution in [0.2, 0.25) is 0 Å². The van der Waals surface area contributed by atoms with Gasteiger partial charge < -0.3 is 14.2 Å². The molecular weight excluding hydrogens is 745 g/mol. The third kappa shape index (κ3) is 46.7. The molecule has 0 aliphatic heterocycles. The van der Waals surface area contributed by atoms with Gasteiger partial charge in [-0.15, -0.1) is 0 Å². The Balaban J connectivity index is 4.33. The molecule has 0 radical (unpaired) electrons. The molecule has 0 heterocycles. The van der Waals surface area contributed by atoms with Crippen molar-refractivity contribution in [1.29, 1.82) is 0 Å². The van der Waals surface area contributed by atoms with Crippen LogP contribution >= 0.6 is 0 Å². The van der Waals surface area contributed by atoms with Crippen LogP contribution < -0.4 is 0 Å². The first-order valence-corrected chi connectivity index (χ1v) is 26.0. The molecule has 0 N–H and O–H groups in total. The van der Waals surface area contributed by atoms with Crippen LogP contribution in [0.15, 0.2) is 36.5 Å². The Kier molecular flexibility index (Phi) is 47.3. The van der Waals surface area contributed by atoms with E-state index in [9.17, 15) is 14.4 Å². The van der Waals surface area contributed by atoms with Gasteiger partial charge in [0.25, 0.3) is 0 Å². The zero-order chi connectivity index (χ0) is 43.7. The third-order valence-corrected chi connectivity index (χ3v) is 11.4. The van der Waals surface area contributed by atoms with E-state index in [0.717, 1.165) is 77.0 Å². The fourth-order valence-corrected chi connectivity index (χ4v) is 7.41. The number of carbonyl (C=O) groups excluding carboxylic acids is 3. The molecule has 0 aliphatic rings. The highest BCUT2D eigenvalue weighted by Crippen LogP contribution is 2.15. The second-order valence-electron chi connectivity index (χ2n) is 17.4. The molecule has 0 rings (SSSR count). The Morgan fingerprint density at radius 3 is 0.967 bits per heavy atom. The molecule has 1 atom stereocenters. The Hall–Kier alpha value is -2.37. The van der Waals surface area contributed by atoms with Crippen molar-refractivity contribution in [3.05, 3.63) is 36.5 Å². The molecule has 350 valence electrons. The predicted octanol–water partition coefficient (Wildman–Crippen LogP) is 16.9. The molecule has 0 spiro atoms. The van der Waals surface area contributed by atoms with Gasteiger partial charge in [0.15, 0.2) is 6.10 Å². The van der Waals surface area contributed by atoms with Crippen LogP contribution in [0, 0.1) is 0 Å². The largest absolute Gasteiger partial charge is 0.462 e. The molecule has 0 saturated carbocycles. The maximum Gasteiger partial charge on any atom is 0.306 e. The van der Waals surface area contributed by atoms with E-state index in [4.69, 9.17) is 14.2 Å². The summed E-state index contributed by atoms with van der Waals surface area (Å²) in [6.45, 7) is 6.59. The fraction of sp³-hybridized carbons (Fsp3) is 0.833. The lowest BCUT2D eigenvalue weighted by Gasteiger charge is -2.18. The average molecular weight is 843 g/mol.